The first-order valence-corrected chi connectivity index (χ1v) is 13.2. The fourth-order valence-corrected chi connectivity index (χ4v) is 5.70. The van der Waals surface area contributed by atoms with Crippen molar-refractivity contribution >= 4 is 16.9 Å². The largest absolute Gasteiger partial charge is 0.340 e. The van der Waals surface area contributed by atoms with Crippen molar-refractivity contribution in [2.75, 3.05) is 26.2 Å². The van der Waals surface area contributed by atoms with Gasteiger partial charge in [-0.25, -0.2) is 18.2 Å². The Kier molecular flexibility index (Phi) is 6.76. The van der Waals surface area contributed by atoms with E-state index in [-0.39, 0.29) is 18.9 Å². The SMILES string of the molecule is O=C(N1CCC(n2c(-c3ccccn3)nc3cc(F)c(F)cc32)CC1)C1(F)CCN(Cc2ccnnc2)CC1. The number of halogens is 3. The topological polar surface area (TPSA) is 80.0 Å². The highest BCUT2D eigenvalue weighted by atomic mass is 19.2. The van der Waals surface area contributed by atoms with Crippen LogP contribution in [0.25, 0.3) is 22.6 Å². The number of piperidine rings is 2. The number of carbonyl (C=O) groups is 1. The van der Waals surface area contributed by atoms with Crippen molar-refractivity contribution < 1.29 is 18.0 Å². The number of likely N-dealkylation sites (tertiary alicyclic amines) is 2. The van der Waals surface area contributed by atoms with Crippen molar-refractivity contribution in [2.24, 2.45) is 0 Å². The molecule has 39 heavy (non-hydrogen) atoms. The van der Waals surface area contributed by atoms with Crippen molar-refractivity contribution in [3.63, 3.8) is 0 Å². The molecule has 0 saturated carbocycles. The highest BCUT2D eigenvalue weighted by Gasteiger charge is 2.45. The molecule has 2 aliphatic heterocycles. The summed E-state index contributed by atoms with van der Waals surface area (Å²) in [5.41, 5.74) is 0.513. The Morgan fingerprint density at radius 1 is 0.974 bits per heavy atom. The molecule has 2 saturated heterocycles. The Labute approximate surface area is 223 Å². The van der Waals surface area contributed by atoms with E-state index >= 15 is 4.39 Å². The average molecular weight is 536 g/mol. The zero-order valence-corrected chi connectivity index (χ0v) is 21.3. The molecule has 6 rings (SSSR count). The van der Waals surface area contributed by atoms with Gasteiger partial charge in [-0.05, 0) is 36.6 Å². The second-order valence-electron chi connectivity index (χ2n) is 10.3. The normalized spacial score (nSPS) is 18.5. The number of carbonyl (C=O) groups excluding carboxylic acids is 1. The van der Waals surface area contributed by atoms with Crippen LogP contribution in [0.5, 0.6) is 0 Å². The summed E-state index contributed by atoms with van der Waals surface area (Å²) in [5.74, 6) is -1.86. The molecule has 0 spiro atoms. The number of imidazole rings is 1. The van der Waals surface area contributed by atoms with Crippen molar-refractivity contribution in [2.45, 2.75) is 43.9 Å². The lowest BCUT2D eigenvalue weighted by Crippen LogP contribution is -2.53. The van der Waals surface area contributed by atoms with Crippen LogP contribution >= 0.6 is 0 Å². The van der Waals surface area contributed by atoms with Crippen LogP contribution < -0.4 is 0 Å². The minimum absolute atomic E-state index is 0.132. The molecule has 0 N–H and O–H groups in total. The average Bonchev–Trinajstić information content (AvgIpc) is 3.33. The Balaban J connectivity index is 1.16. The fourth-order valence-electron chi connectivity index (χ4n) is 5.70. The first kappa shape index (κ1) is 25.4. The van der Waals surface area contributed by atoms with Gasteiger partial charge in [0.15, 0.2) is 23.1 Å². The molecule has 5 heterocycles. The van der Waals surface area contributed by atoms with Crippen LogP contribution in [0.15, 0.2) is 55.0 Å². The highest BCUT2D eigenvalue weighted by Crippen LogP contribution is 2.36. The lowest BCUT2D eigenvalue weighted by atomic mass is 9.90. The number of hydrogen-bond acceptors (Lipinski definition) is 6. The Hall–Kier alpha value is -3.86. The molecule has 1 aromatic carbocycles. The van der Waals surface area contributed by atoms with Crippen molar-refractivity contribution in [1.29, 1.82) is 0 Å². The number of nitrogens with zero attached hydrogens (tertiary/aromatic N) is 7. The molecule has 202 valence electrons. The second kappa shape index (κ2) is 10.4. The van der Waals surface area contributed by atoms with E-state index in [1.807, 2.05) is 16.7 Å². The number of benzene rings is 1. The minimum atomic E-state index is -1.89. The van der Waals surface area contributed by atoms with E-state index in [1.165, 1.54) is 0 Å². The molecular formula is C28H28F3N7O. The molecule has 0 bridgehead atoms. The first-order valence-electron chi connectivity index (χ1n) is 13.2. The van der Waals surface area contributed by atoms with Crippen molar-refractivity contribution in [3.05, 3.63) is 72.2 Å². The molecule has 8 nitrogen and oxygen atoms in total. The van der Waals surface area contributed by atoms with Gasteiger partial charge in [0, 0.05) is 76.1 Å². The van der Waals surface area contributed by atoms with E-state index in [2.05, 4.69) is 25.1 Å². The van der Waals surface area contributed by atoms with Gasteiger partial charge in [0.25, 0.3) is 5.91 Å². The van der Waals surface area contributed by atoms with E-state index in [9.17, 15) is 13.6 Å². The Bertz CT molecular complexity index is 1470. The third kappa shape index (κ3) is 4.98. The molecule has 2 aliphatic rings. The predicted molar refractivity (Wildman–Crippen MR) is 138 cm³/mol. The van der Waals surface area contributed by atoms with Gasteiger partial charge in [0.1, 0.15) is 5.69 Å². The highest BCUT2D eigenvalue weighted by molar-refractivity contribution is 5.85. The maximum absolute atomic E-state index is 15.9. The zero-order chi connectivity index (χ0) is 27.0. The minimum Gasteiger partial charge on any atom is -0.340 e. The molecular weight excluding hydrogens is 507 g/mol. The molecule has 0 radical (unpaired) electrons. The summed E-state index contributed by atoms with van der Waals surface area (Å²) >= 11 is 0. The molecule has 3 aromatic heterocycles. The molecule has 0 aliphatic carbocycles. The summed E-state index contributed by atoms with van der Waals surface area (Å²) in [6.45, 7) is 2.35. The van der Waals surface area contributed by atoms with Crippen LogP contribution in [0.1, 0.15) is 37.3 Å². The van der Waals surface area contributed by atoms with Crippen LogP contribution in [0.3, 0.4) is 0 Å². The standard InChI is InChI=1S/C28H28F3N7O/c29-21-15-24-25(16-22(21)30)38(26(35-24)23-3-1-2-9-32-23)20-5-11-37(12-6-20)27(39)28(31)7-13-36(14-8-28)18-19-4-10-33-34-17-19/h1-4,9-10,15-17,20H,5-8,11-14,18H2. The lowest BCUT2D eigenvalue weighted by Gasteiger charge is -2.40. The number of alkyl halides is 1. The van der Waals surface area contributed by atoms with E-state index in [4.69, 9.17) is 0 Å². The van der Waals surface area contributed by atoms with Crippen LogP contribution in [0.2, 0.25) is 0 Å². The van der Waals surface area contributed by atoms with E-state index in [0.717, 1.165) is 17.7 Å². The summed E-state index contributed by atoms with van der Waals surface area (Å²) < 4.78 is 46.0. The number of amides is 1. The quantitative estimate of drug-likeness (QED) is 0.379. The maximum atomic E-state index is 15.9. The number of hydrogen-bond donors (Lipinski definition) is 0. The summed E-state index contributed by atoms with van der Waals surface area (Å²) in [4.78, 5) is 26.0. The molecule has 0 unspecified atom stereocenters. The summed E-state index contributed by atoms with van der Waals surface area (Å²) in [6.07, 6.45) is 6.32. The van der Waals surface area contributed by atoms with Crippen LogP contribution in [-0.2, 0) is 11.3 Å². The van der Waals surface area contributed by atoms with Gasteiger partial charge in [-0.3, -0.25) is 14.7 Å². The Morgan fingerprint density at radius 2 is 1.74 bits per heavy atom. The first-order chi connectivity index (χ1) is 18.9. The predicted octanol–water partition coefficient (Wildman–Crippen LogP) is 4.33. The molecule has 1 amide bonds. The van der Waals surface area contributed by atoms with Gasteiger partial charge in [0.2, 0.25) is 0 Å². The molecule has 2 fully saturated rings. The number of rotatable bonds is 5. The maximum Gasteiger partial charge on any atom is 0.260 e. The van der Waals surface area contributed by atoms with Crippen molar-refractivity contribution in [1.82, 2.24) is 34.5 Å². The molecule has 4 aromatic rings. The zero-order valence-electron chi connectivity index (χ0n) is 21.3. The van der Waals surface area contributed by atoms with Gasteiger partial charge < -0.3 is 9.47 Å². The molecule has 11 heteroatoms. The number of fused-ring (bicyclic) bond motifs is 1. The van der Waals surface area contributed by atoms with E-state index in [1.54, 1.807) is 35.6 Å². The number of aromatic nitrogens is 5. The van der Waals surface area contributed by atoms with Gasteiger partial charge in [-0.2, -0.15) is 10.2 Å². The van der Waals surface area contributed by atoms with Gasteiger partial charge in [-0.1, -0.05) is 6.07 Å². The summed E-state index contributed by atoms with van der Waals surface area (Å²) in [5, 5.41) is 7.67. The molecule has 0 atom stereocenters. The van der Waals surface area contributed by atoms with Gasteiger partial charge >= 0.3 is 0 Å². The van der Waals surface area contributed by atoms with Gasteiger partial charge in [-0.15, -0.1) is 0 Å². The van der Waals surface area contributed by atoms with Crippen LogP contribution in [0.4, 0.5) is 13.2 Å². The van der Waals surface area contributed by atoms with E-state index in [0.29, 0.717) is 68.1 Å². The fraction of sp³-hybridized carbons (Fsp3) is 0.393. The second-order valence-corrected chi connectivity index (χ2v) is 10.3. The van der Waals surface area contributed by atoms with Crippen molar-refractivity contribution in [3.8, 4) is 11.5 Å². The van der Waals surface area contributed by atoms with Crippen LogP contribution in [-0.4, -0.2) is 72.3 Å². The van der Waals surface area contributed by atoms with E-state index < -0.39 is 23.2 Å². The smallest absolute Gasteiger partial charge is 0.260 e. The third-order valence-corrected chi connectivity index (χ3v) is 7.83. The summed E-state index contributed by atoms with van der Waals surface area (Å²) in [7, 11) is 0. The monoisotopic (exact) mass is 535 g/mol. The van der Waals surface area contributed by atoms with Gasteiger partial charge in [0.05, 0.1) is 17.2 Å². The number of pyridine rings is 1. The van der Waals surface area contributed by atoms with Crippen LogP contribution in [0, 0.1) is 11.6 Å². The summed E-state index contributed by atoms with van der Waals surface area (Å²) in [6, 6.07) is 9.42. The lowest BCUT2D eigenvalue weighted by molar-refractivity contribution is -0.148. The third-order valence-electron chi connectivity index (χ3n) is 7.83. The Morgan fingerprint density at radius 3 is 2.44 bits per heavy atom.